The molecule has 2 atom stereocenters. The van der Waals surface area contributed by atoms with E-state index in [-0.39, 0.29) is 11.9 Å². The molecule has 0 heterocycles. The maximum Gasteiger partial charge on any atom is 0.123 e. The SMILES string of the molecule is CCOC(C)C(O)c1cc(F)ccc1C. The highest BCUT2D eigenvalue weighted by Crippen LogP contribution is 2.23. The summed E-state index contributed by atoms with van der Waals surface area (Å²) in [5.41, 5.74) is 1.46. The van der Waals surface area contributed by atoms with Gasteiger partial charge >= 0.3 is 0 Å². The van der Waals surface area contributed by atoms with Crippen LogP contribution in [0.4, 0.5) is 4.39 Å². The lowest BCUT2D eigenvalue weighted by atomic mass is 10.00. The minimum absolute atomic E-state index is 0.324. The molecule has 0 amide bonds. The number of hydrogen-bond acceptors (Lipinski definition) is 2. The van der Waals surface area contributed by atoms with E-state index in [4.69, 9.17) is 4.74 Å². The van der Waals surface area contributed by atoms with Gasteiger partial charge in [0.15, 0.2) is 0 Å². The number of hydrogen-bond donors (Lipinski definition) is 1. The fraction of sp³-hybridized carbons (Fsp3) is 0.500. The minimum Gasteiger partial charge on any atom is -0.386 e. The Balaban J connectivity index is 2.89. The Kier molecular flexibility index (Phi) is 4.24. The molecule has 1 N–H and O–H groups in total. The van der Waals surface area contributed by atoms with E-state index in [0.717, 1.165) is 5.56 Å². The van der Waals surface area contributed by atoms with E-state index in [9.17, 15) is 9.50 Å². The number of halogens is 1. The number of benzene rings is 1. The lowest BCUT2D eigenvalue weighted by Crippen LogP contribution is -2.19. The fourth-order valence-corrected chi connectivity index (χ4v) is 1.54. The second-order valence-corrected chi connectivity index (χ2v) is 3.61. The van der Waals surface area contributed by atoms with E-state index in [1.807, 2.05) is 13.8 Å². The van der Waals surface area contributed by atoms with Crippen molar-refractivity contribution in [2.24, 2.45) is 0 Å². The number of aryl methyl sites for hydroxylation is 1. The molecule has 1 aromatic rings. The third kappa shape index (κ3) is 3.01. The van der Waals surface area contributed by atoms with Gasteiger partial charge in [-0.25, -0.2) is 4.39 Å². The van der Waals surface area contributed by atoms with Gasteiger partial charge in [-0.15, -0.1) is 0 Å². The first-order chi connectivity index (χ1) is 7.06. The topological polar surface area (TPSA) is 29.5 Å². The van der Waals surface area contributed by atoms with Crippen LogP contribution in [0, 0.1) is 12.7 Å². The van der Waals surface area contributed by atoms with Crippen molar-refractivity contribution in [1.29, 1.82) is 0 Å². The van der Waals surface area contributed by atoms with Crippen LogP contribution in [0.1, 0.15) is 31.1 Å². The van der Waals surface area contributed by atoms with Crippen LogP contribution in [-0.4, -0.2) is 17.8 Å². The molecule has 0 fully saturated rings. The molecule has 1 rings (SSSR count). The summed E-state index contributed by atoms with van der Waals surface area (Å²) in [4.78, 5) is 0. The predicted molar refractivity (Wildman–Crippen MR) is 57.2 cm³/mol. The molecule has 1 aromatic carbocycles. The van der Waals surface area contributed by atoms with Gasteiger partial charge in [0, 0.05) is 6.61 Å². The third-order valence-electron chi connectivity index (χ3n) is 2.43. The van der Waals surface area contributed by atoms with Crippen molar-refractivity contribution in [3.63, 3.8) is 0 Å². The van der Waals surface area contributed by atoms with E-state index < -0.39 is 6.10 Å². The molecule has 84 valence electrons. The van der Waals surface area contributed by atoms with Crippen LogP contribution < -0.4 is 0 Å². The van der Waals surface area contributed by atoms with E-state index >= 15 is 0 Å². The highest BCUT2D eigenvalue weighted by atomic mass is 19.1. The van der Waals surface area contributed by atoms with Crippen LogP contribution in [0.2, 0.25) is 0 Å². The Morgan fingerprint density at radius 2 is 2.13 bits per heavy atom. The Hall–Kier alpha value is -0.930. The van der Waals surface area contributed by atoms with Gasteiger partial charge in [-0.05, 0) is 44.0 Å². The van der Waals surface area contributed by atoms with Gasteiger partial charge in [0.25, 0.3) is 0 Å². The van der Waals surface area contributed by atoms with E-state index in [1.54, 1.807) is 13.0 Å². The first-order valence-corrected chi connectivity index (χ1v) is 5.12. The summed E-state index contributed by atoms with van der Waals surface area (Å²) in [5.74, 6) is -0.335. The Labute approximate surface area is 89.7 Å². The average Bonchev–Trinajstić information content (AvgIpc) is 2.21. The van der Waals surface area contributed by atoms with E-state index in [2.05, 4.69) is 0 Å². The fourth-order valence-electron chi connectivity index (χ4n) is 1.54. The normalized spacial score (nSPS) is 15.0. The van der Waals surface area contributed by atoms with Crippen LogP contribution in [0.5, 0.6) is 0 Å². The summed E-state index contributed by atoms with van der Waals surface area (Å²) in [5, 5.41) is 9.93. The Morgan fingerprint density at radius 3 is 2.73 bits per heavy atom. The molecular weight excluding hydrogens is 195 g/mol. The van der Waals surface area contributed by atoms with Gasteiger partial charge in [0.05, 0.1) is 6.10 Å². The summed E-state index contributed by atoms with van der Waals surface area (Å²) in [6, 6.07) is 4.40. The van der Waals surface area contributed by atoms with Gasteiger partial charge in [-0.1, -0.05) is 6.07 Å². The molecule has 2 nitrogen and oxygen atoms in total. The molecule has 0 aliphatic carbocycles. The molecule has 0 bridgehead atoms. The first kappa shape index (κ1) is 12.1. The highest BCUT2D eigenvalue weighted by molar-refractivity contribution is 5.29. The van der Waals surface area contributed by atoms with Crippen LogP contribution in [0.3, 0.4) is 0 Å². The molecule has 3 heteroatoms. The summed E-state index contributed by atoms with van der Waals surface area (Å²) in [6.45, 7) is 6.02. The summed E-state index contributed by atoms with van der Waals surface area (Å²) in [7, 11) is 0. The van der Waals surface area contributed by atoms with Crippen molar-refractivity contribution in [3.8, 4) is 0 Å². The molecular formula is C12H17FO2. The van der Waals surface area contributed by atoms with Gasteiger partial charge in [0.2, 0.25) is 0 Å². The van der Waals surface area contributed by atoms with Gasteiger partial charge in [-0.2, -0.15) is 0 Å². The zero-order chi connectivity index (χ0) is 11.4. The monoisotopic (exact) mass is 212 g/mol. The maximum absolute atomic E-state index is 13.0. The van der Waals surface area contributed by atoms with Crippen molar-refractivity contribution in [2.45, 2.75) is 33.0 Å². The molecule has 0 aliphatic heterocycles. The second kappa shape index (κ2) is 5.24. The van der Waals surface area contributed by atoms with Crippen molar-refractivity contribution >= 4 is 0 Å². The molecule has 0 spiro atoms. The molecule has 15 heavy (non-hydrogen) atoms. The zero-order valence-electron chi connectivity index (χ0n) is 9.33. The molecule has 2 unspecified atom stereocenters. The standard InChI is InChI=1S/C12H17FO2/c1-4-15-9(3)12(14)11-7-10(13)6-5-8(11)2/h5-7,9,12,14H,4H2,1-3H3. The summed E-state index contributed by atoms with van der Waals surface area (Å²) >= 11 is 0. The zero-order valence-corrected chi connectivity index (χ0v) is 9.33. The second-order valence-electron chi connectivity index (χ2n) is 3.61. The van der Waals surface area contributed by atoms with Gasteiger partial charge in [-0.3, -0.25) is 0 Å². The smallest absolute Gasteiger partial charge is 0.123 e. The molecule has 0 saturated heterocycles. The molecule has 0 radical (unpaired) electrons. The van der Waals surface area contributed by atoms with Crippen molar-refractivity contribution in [1.82, 2.24) is 0 Å². The van der Waals surface area contributed by atoms with E-state index in [1.165, 1.54) is 12.1 Å². The summed E-state index contributed by atoms with van der Waals surface area (Å²) < 4.78 is 18.3. The van der Waals surface area contributed by atoms with Crippen molar-refractivity contribution in [2.75, 3.05) is 6.61 Å². The van der Waals surface area contributed by atoms with Crippen LogP contribution in [0.25, 0.3) is 0 Å². The van der Waals surface area contributed by atoms with Crippen molar-refractivity contribution < 1.29 is 14.2 Å². The van der Waals surface area contributed by atoms with Gasteiger partial charge < -0.3 is 9.84 Å². The Bertz CT molecular complexity index is 325. The van der Waals surface area contributed by atoms with Crippen LogP contribution in [0.15, 0.2) is 18.2 Å². The number of aliphatic hydroxyl groups excluding tert-OH is 1. The van der Waals surface area contributed by atoms with Crippen LogP contribution in [-0.2, 0) is 4.74 Å². The predicted octanol–water partition coefficient (Wildman–Crippen LogP) is 2.59. The number of rotatable bonds is 4. The number of aliphatic hydroxyl groups is 1. The minimum atomic E-state index is -0.777. The van der Waals surface area contributed by atoms with Crippen molar-refractivity contribution in [3.05, 3.63) is 35.1 Å². The van der Waals surface area contributed by atoms with Crippen LogP contribution >= 0.6 is 0 Å². The Morgan fingerprint density at radius 1 is 1.47 bits per heavy atom. The molecule has 0 aromatic heterocycles. The number of ether oxygens (including phenoxy) is 1. The largest absolute Gasteiger partial charge is 0.386 e. The maximum atomic E-state index is 13.0. The molecule has 0 aliphatic rings. The highest BCUT2D eigenvalue weighted by Gasteiger charge is 2.18. The van der Waals surface area contributed by atoms with E-state index in [0.29, 0.717) is 12.2 Å². The van der Waals surface area contributed by atoms with Gasteiger partial charge in [0.1, 0.15) is 11.9 Å². The average molecular weight is 212 g/mol. The first-order valence-electron chi connectivity index (χ1n) is 5.12. The lowest BCUT2D eigenvalue weighted by molar-refractivity contribution is -0.0231. The lowest BCUT2D eigenvalue weighted by Gasteiger charge is -2.20. The molecule has 0 saturated carbocycles. The quantitative estimate of drug-likeness (QED) is 0.831. The summed E-state index contributed by atoms with van der Waals surface area (Å²) in [6.07, 6.45) is -1.10. The third-order valence-corrected chi connectivity index (χ3v) is 2.43.